The molecule has 2 heterocycles. The topological polar surface area (TPSA) is 70.5 Å². The normalized spacial score (nSPS) is 15.7. The summed E-state index contributed by atoms with van der Waals surface area (Å²) in [6.07, 6.45) is -4.22. The van der Waals surface area contributed by atoms with E-state index in [2.05, 4.69) is 14.9 Å². The monoisotopic (exact) mass is 382 g/mol. The van der Waals surface area contributed by atoms with E-state index in [1.807, 2.05) is 13.8 Å². The second kappa shape index (κ2) is 7.05. The number of hydrogen-bond acceptors (Lipinski definition) is 6. The van der Waals surface area contributed by atoms with Crippen molar-refractivity contribution in [3.05, 3.63) is 41.6 Å². The maximum absolute atomic E-state index is 12.4. The summed E-state index contributed by atoms with van der Waals surface area (Å²) in [5.41, 5.74) is 0.159. The van der Waals surface area contributed by atoms with Crippen LogP contribution < -0.4 is 14.2 Å². The predicted molar refractivity (Wildman–Crippen MR) is 88.0 cm³/mol. The van der Waals surface area contributed by atoms with Crippen molar-refractivity contribution in [2.75, 3.05) is 6.61 Å². The molecule has 0 unspecified atom stereocenters. The molecule has 9 heteroatoms. The fourth-order valence-corrected chi connectivity index (χ4v) is 2.61. The molecule has 1 aromatic carbocycles. The Labute approximate surface area is 153 Å². The highest BCUT2D eigenvalue weighted by molar-refractivity contribution is 6.02. The molecule has 3 rings (SSSR count). The molecule has 0 bridgehead atoms. The van der Waals surface area contributed by atoms with Crippen molar-refractivity contribution in [1.29, 1.82) is 0 Å². The zero-order chi connectivity index (χ0) is 19.7. The summed E-state index contributed by atoms with van der Waals surface area (Å²) in [6, 6.07) is 7.77. The summed E-state index contributed by atoms with van der Waals surface area (Å²) < 4.78 is 52.3. The molecular weight excluding hydrogens is 365 g/mol. The van der Waals surface area contributed by atoms with Crippen molar-refractivity contribution in [2.24, 2.45) is 0 Å². The molecule has 0 aliphatic carbocycles. The Bertz CT molecular complexity index is 835. The molecule has 0 saturated heterocycles. The molecule has 27 heavy (non-hydrogen) atoms. The highest BCUT2D eigenvalue weighted by Crippen LogP contribution is 2.38. The van der Waals surface area contributed by atoms with E-state index in [0.29, 0.717) is 22.8 Å². The van der Waals surface area contributed by atoms with Crippen molar-refractivity contribution in [3.63, 3.8) is 0 Å². The number of ether oxygens (including phenoxy) is 3. The zero-order valence-electron chi connectivity index (χ0n) is 14.7. The number of rotatable bonds is 5. The van der Waals surface area contributed by atoms with Crippen LogP contribution in [-0.2, 0) is 6.61 Å². The van der Waals surface area contributed by atoms with Gasteiger partial charge in [0.2, 0.25) is 5.88 Å². The second-order valence-corrected chi connectivity index (χ2v) is 6.65. The SMILES string of the molecule is CC1(C)CC(=O)c2c(OCc3ccc(OCC(F)(F)F)nn3)cccc2O1. The van der Waals surface area contributed by atoms with Crippen LogP contribution in [0.5, 0.6) is 17.4 Å². The van der Waals surface area contributed by atoms with E-state index in [1.165, 1.54) is 12.1 Å². The van der Waals surface area contributed by atoms with Gasteiger partial charge < -0.3 is 14.2 Å². The van der Waals surface area contributed by atoms with Gasteiger partial charge in [-0.3, -0.25) is 4.79 Å². The largest absolute Gasteiger partial charge is 0.486 e. The van der Waals surface area contributed by atoms with Gasteiger partial charge in [-0.1, -0.05) is 6.07 Å². The first kappa shape index (κ1) is 18.9. The van der Waals surface area contributed by atoms with Crippen LogP contribution in [-0.4, -0.2) is 34.4 Å². The Morgan fingerprint density at radius 1 is 1.15 bits per heavy atom. The minimum atomic E-state index is -4.45. The average Bonchev–Trinajstić information content (AvgIpc) is 2.57. The van der Waals surface area contributed by atoms with Crippen molar-refractivity contribution < 1.29 is 32.2 Å². The van der Waals surface area contributed by atoms with Crippen LogP contribution in [0.3, 0.4) is 0 Å². The van der Waals surface area contributed by atoms with E-state index in [-0.39, 0.29) is 24.7 Å². The Kier molecular flexibility index (Phi) is 4.95. The first-order valence-electron chi connectivity index (χ1n) is 8.13. The van der Waals surface area contributed by atoms with Crippen molar-refractivity contribution >= 4 is 5.78 Å². The van der Waals surface area contributed by atoms with Crippen LogP contribution in [0.25, 0.3) is 0 Å². The lowest BCUT2D eigenvalue weighted by Crippen LogP contribution is -2.36. The number of hydrogen-bond donors (Lipinski definition) is 0. The van der Waals surface area contributed by atoms with Gasteiger partial charge in [-0.2, -0.15) is 13.2 Å². The minimum Gasteiger partial charge on any atom is -0.486 e. The number of aromatic nitrogens is 2. The highest BCUT2D eigenvalue weighted by Gasteiger charge is 2.34. The molecule has 2 aromatic rings. The summed E-state index contributed by atoms with van der Waals surface area (Å²) in [5.74, 6) is 0.487. The molecule has 1 aromatic heterocycles. The maximum Gasteiger partial charge on any atom is 0.422 e. The highest BCUT2D eigenvalue weighted by atomic mass is 19.4. The number of ketones is 1. The third-order valence-corrected chi connectivity index (χ3v) is 3.69. The predicted octanol–water partition coefficient (Wildman–Crippen LogP) is 3.74. The third-order valence-electron chi connectivity index (χ3n) is 3.69. The molecule has 1 aliphatic heterocycles. The molecule has 0 spiro atoms. The quantitative estimate of drug-likeness (QED) is 0.785. The molecule has 0 saturated carbocycles. The van der Waals surface area contributed by atoms with Gasteiger partial charge in [0, 0.05) is 6.07 Å². The molecular formula is C18H17F3N2O4. The van der Waals surface area contributed by atoms with Crippen LogP contribution in [0, 0.1) is 0 Å². The molecule has 0 atom stereocenters. The fourth-order valence-electron chi connectivity index (χ4n) is 2.61. The van der Waals surface area contributed by atoms with E-state index in [0.717, 1.165) is 0 Å². The van der Waals surface area contributed by atoms with Crippen molar-refractivity contribution in [1.82, 2.24) is 10.2 Å². The van der Waals surface area contributed by atoms with E-state index in [1.54, 1.807) is 18.2 Å². The first-order chi connectivity index (χ1) is 12.6. The smallest absolute Gasteiger partial charge is 0.422 e. The number of carbonyl (C=O) groups is 1. The molecule has 0 fully saturated rings. The summed E-state index contributed by atoms with van der Waals surface area (Å²) in [5, 5.41) is 7.34. The molecule has 144 valence electrons. The zero-order valence-corrected chi connectivity index (χ0v) is 14.7. The van der Waals surface area contributed by atoms with Crippen LogP contribution in [0.4, 0.5) is 13.2 Å². The Hall–Kier alpha value is -2.84. The van der Waals surface area contributed by atoms with Gasteiger partial charge in [-0.15, -0.1) is 10.2 Å². The standard InChI is InChI=1S/C18H17F3N2O4/c1-17(2)8-12(24)16-13(4-3-5-14(16)27-17)25-9-11-6-7-15(23-22-11)26-10-18(19,20)21/h3-7H,8-10H2,1-2H3. The lowest BCUT2D eigenvalue weighted by Gasteiger charge is -2.32. The van der Waals surface area contributed by atoms with Gasteiger partial charge in [0.1, 0.15) is 35.0 Å². The Balaban J connectivity index is 1.67. The van der Waals surface area contributed by atoms with E-state index >= 15 is 0 Å². The Morgan fingerprint density at radius 3 is 2.59 bits per heavy atom. The van der Waals surface area contributed by atoms with Crippen LogP contribution in [0.2, 0.25) is 0 Å². The fraction of sp³-hybridized carbons (Fsp3) is 0.389. The van der Waals surface area contributed by atoms with Crippen LogP contribution in [0.15, 0.2) is 30.3 Å². The number of benzene rings is 1. The average molecular weight is 382 g/mol. The number of carbonyl (C=O) groups excluding carboxylic acids is 1. The second-order valence-electron chi connectivity index (χ2n) is 6.65. The van der Waals surface area contributed by atoms with E-state index < -0.39 is 18.4 Å². The molecule has 0 amide bonds. The lowest BCUT2D eigenvalue weighted by molar-refractivity contribution is -0.154. The molecule has 1 aliphatic rings. The van der Waals surface area contributed by atoms with Crippen molar-refractivity contribution in [3.8, 4) is 17.4 Å². The van der Waals surface area contributed by atoms with Gasteiger partial charge in [0.05, 0.1) is 6.42 Å². The van der Waals surface area contributed by atoms with E-state index in [9.17, 15) is 18.0 Å². The minimum absolute atomic E-state index is 0.0142. The van der Waals surface area contributed by atoms with Gasteiger partial charge in [0.15, 0.2) is 12.4 Å². The van der Waals surface area contributed by atoms with Gasteiger partial charge >= 0.3 is 6.18 Å². The molecule has 0 radical (unpaired) electrons. The number of alkyl halides is 3. The maximum atomic E-state index is 12.4. The number of Topliss-reactive ketones (excluding diaryl/α,β-unsaturated/α-hetero) is 1. The van der Waals surface area contributed by atoms with Crippen LogP contribution >= 0.6 is 0 Å². The van der Waals surface area contributed by atoms with Crippen molar-refractivity contribution in [2.45, 2.75) is 38.7 Å². The first-order valence-corrected chi connectivity index (χ1v) is 8.13. The number of fused-ring (bicyclic) bond motifs is 1. The number of nitrogens with zero attached hydrogens (tertiary/aromatic N) is 2. The van der Waals surface area contributed by atoms with Gasteiger partial charge in [-0.05, 0) is 32.0 Å². The Morgan fingerprint density at radius 2 is 1.93 bits per heavy atom. The molecule has 6 nitrogen and oxygen atoms in total. The van der Waals surface area contributed by atoms with Gasteiger partial charge in [0.25, 0.3) is 0 Å². The summed E-state index contributed by atoms with van der Waals surface area (Å²) >= 11 is 0. The summed E-state index contributed by atoms with van der Waals surface area (Å²) in [7, 11) is 0. The van der Waals surface area contributed by atoms with Gasteiger partial charge in [-0.25, -0.2) is 0 Å². The van der Waals surface area contributed by atoms with E-state index in [4.69, 9.17) is 9.47 Å². The lowest BCUT2D eigenvalue weighted by atomic mass is 9.92. The summed E-state index contributed by atoms with van der Waals surface area (Å²) in [6.45, 7) is 2.21. The molecule has 0 N–H and O–H groups in total. The third kappa shape index (κ3) is 4.87. The van der Waals surface area contributed by atoms with Crippen LogP contribution in [0.1, 0.15) is 36.3 Å². The number of halogens is 3. The summed E-state index contributed by atoms with van der Waals surface area (Å²) in [4.78, 5) is 12.4.